The fourth-order valence-corrected chi connectivity index (χ4v) is 3.17. The summed E-state index contributed by atoms with van der Waals surface area (Å²) in [4.78, 5) is 2.51. The van der Waals surface area contributed by atoms with Gasteiger partial charge in [0.05, 0.1) is 10.7 Å². The molecule has 3 rings (SSSR count). The number of halogens is 2. The summed E-state index contributed by atoms with van der Waals surface area (Å²) in [7, 11) is 0. The topological polar surface area (TPSA) is 15.3 Å². The van der Waals surface area contributed by atoms with Crippen LogP contribution < -0.4 is 5.32 Å². The van der Waals surface area contributed by atoms with Gasteiger partial charge in [0.1, 0.15) is 5.82 Å². The van der Waals surface area contributed by atoms with Crippen LogP contribution in [-0.2, 0) is 0 Å². The van der Waals surface area contributed by atoms with E-state index in [1.165, 1.54) is 31.6 Å². The third-order valence-corrected chi connectivity index (χ3v) is 4.22. The highest BCUT2D eigenvalue weighted by molar-refractivity contribution is 6.33. The van der Waals surface area contributed by atoms with Crippen LogP contribution in [-0.4, -0.2) is 30.6 Å². The van der Waals surface area contributed by atoms with Gasteiger partial charge in [-0.1, -0.05) is 11.6 Å². The van der Waals surface area contributed by atoms with Gasteiger partial charge in [0, 0.05) is 19.1 Å². The van der Waals surface area contributed by atoms with E-state index in [9.17, 15) is 4.39 Å². The number of benzene rings is 1. The molecule has 92 valence electrons. The average molecular weight is 255 g/mol. The Morgan fingerprint density at radius 3 is 2.94 bits per heavy atom. The van der Waals surface area contributed by atoms with Crippen LogP contribution in [0.5, 0.6) is 0 Å². The maximum absolute atomic E-state index is 13.0. The largest absolute Gasteiger partial charge is 0.381 e. The Morgan fingerprint density at radius 1 is 1.29 bits per heavy atom. The monoisotopic (exact) mass is 254 g/mol. The minimum atomic E-state index is -0.281. The van der Waals surface area contributed by atoms with E-state index in [1.54, 1.807) is 6.07 Å². The van der Waals surface area contributed by atoms with E-state index in [0.717, 1.165) is 18.7 Å². The van der Waals surface area contributed by atoms with Crippen molar-refractivity contribution in [3.63, 3.8) is 0 Å². The van der Waals surface area contributed by atoms with Gasteiger partial charge in [-0.2, -0.15) is 0 Å². The van der Waals surface area contributed by atoms with Gasteiger partial charge in [0.15, 0.2) is 0 Å². The molecule has 0 radical (unpaired) electrons. The highest BCUT2D eigenvalue weighted by Crippen LogP contribution is 2.31. The van der Waals surface area contributed by atoms with Gasteiger partial charge in [-0.15, -0.1) is 0 Å². The smallest absolute Gasteiger partial charge is 0.124 e. The van der Waals surface area contributed by atoms with Crippen molar-refractivity contribution in [2.75, 3.05) is 25.0 Å². The van der Waals surface area contributed by atoms with E-state index in [2.05, 4.69) is 10.2 Å². The third kappa shape index (κ3) is 2.26. The third-order valence-electron chi connectivity index (χ3n) is 3.91. The van der Waals surface area contributed by atoms with E-state index in [1.807, 2.05) is 0 Å². The van der Waals surface area contributed by atoms with E-state index >= 15 is 0 Å². The molecule has 0 amide bonds. The highest BCUT2D eigenvalue weighted by Gasteiger charge is 2.34. The zero-order chi connectivity index (χ0) is 11.8. The molecule has 2 fully saturated rings. The Kier molecular flexibility index (Phi) is 2.97. The molecule has 2 aliphatic heterocycles. The molecule has 1 N–H and O–H groups in total. The molecule has 0 spiro atoms. The quantitative estimate of drug-likeness (QED) is 0.873. The number of nitrogens with zero attached hydrogens (tertiary/aromatic N) is 1. The molecule has 1 aromatic carbocycles. The molecule has 2 nitrogen and oxygen atoms in total. The van der Waals surface area contributed by atoms with Crippen LogP contribution in [0.2, 0.25) is 5.02 Å². The van der Waals surface area contributed by atoms with E-state index < -0.39 is 0 Å². The minimum Gasteiger partial charge on any atom is -0.381 e. The van der Waals surface area contributed by atoms with Gasteiger partial charge in [-0.05, 0) is 43.5 Å². The first kappa shape index (κ1) is 11.3. The summed E-state index contributed by atoms with van der Waals surface area (Å²) in [6, 6.07) is 5.04. The lowest BCUT2D eigenvalue weighted by molar-refractivity contribution is 0.255. The molecule has 2 aliphatic rings. The van der Waals surface area contributed by atoms with Gasteiger partial charge in [-0.25, -0.2) is 4.39 Å². The summed E-state index contributed by atoms with van der Waals surface area (Å²) < 4.78 is 13.0. The van der Waals surface area contributed by atoms with Crippen LogP contribution in [0.3, 0.4) is 0 Å². The zero-order valence-corrected chi connectivity index (χ0v) is 10.4. The van der Waals surface area contributed by atoms with Crippen molar-refractivity contribution in [1.82, 2.24) is 4.90 Å². The first-order valence-corrected chi connectivity index (χ1v) is 6.54. The van der Waals surface area contributed by atoms with Gasteiger partial charge < -0.3 is 10.2 Å². The first-order chi connectivity index (χ1) is 8.22. The van der Waals surface area contributed by atoms with Crippen molar-refractivity contribution in [2.24, 2.45) is 5.92 Å². The van der Waals surface area contributed by atoms with E-state index in [0.29, 0.717) is 17.0 Å². The zero-order valence-electron chi connectivity index (χ0n) is 9.63. The second-order valence-corrected chi connectivity index (χ2v) is 5.42. The SMILES string of the molecule is Fc1ccc(NC2CCN3CCC2C3)c(Cl)c1. The molecule has 4 heteroatoms. The predicted octanol–water partition coefficient (Wildman–Crippen LogP) is 2.99. The second kappa shape index (κ2) is 4.46. The lowest BCUT2D eigenvalue weighted by atomic mass is 9.94. The van der Waals surface area contributed by atoms with Crippen LogP contribution in [0.4, 0.5) is 10.1 Å². The number of nitrogens with one attached hydrogen (secondary N) is 1. The molecule has 2 bridgehead atoms. The Morgan fingerprint density at radius 2 is 2.12 bits per heavy atom. The fraction of sp³-hybridized carbons (Fsp3) is 0.538. The second-order valence-electron chi connectivity index (χ2n) is 5.01. The summed E-state index contributed by atoms with van der Waals surface area (Å²) in [5.74, 6) is 0.432. The first-order valence-electron chi connectivity index (χ1n) is 6.16. The molecule has 2 saturated heterocycles. The summed E-state index contributed by atoms with van der Waals surface area (Å²) in [5, 5.41) is 3.96. The molecule has 17 heavy (non-hydrogen) atoms. The summed E-state index contributed by atoms with van der Waals surface area (Å²) >= 11 is 6.04. The van der Waals surface area contributed by atoms with Gasteiger partial charge in [0.2, 0.25) is 0 Å². The fourth-order valence-electron chi connectivity index (χ4n) is 2.95. The molecule has 0 aromatic heterocycles. The van der Waals surface area contributed by atoms with Crippen molar-refractivity contribution < 1.29 is 4.39 Å². The van der Waals surface area contributed by atoms with Crippen LogP contribution >= 0.6 is 11.6 Å². The number of fused-ring (bicyclic) bond motifs is 2. The van der Waals surface area contributed by atoms with Gasteiger partial charge >= 0.3 is 0 Å². The van der Waals surface area contributed by atoms with Crippen molar-refractivity contribution >= 4 is 17.3 Å². The van der Waals surface area contributed by atoms with Crippen molar-refractivity contribution in [3.8, 4) is 0 Å². The van der Waals surface area contributed by atoms with Crippen LogP contribution in [0, 0.1) is 11.7 Å². The molecular weight excluding hydrogens is 239 g/mol. The summed E-state index contributed by atoms with van der Waals surface area (Å²) in [6.45, 7) is 3.57. The maximum atomic E-state index is 13.0. The molecule has 3 unspecified atom stereocenters. The molecule has 0 aliphatic carbocycles. The number of hydrogen-bond donors (Lipinski definition) is 1. The lowest BCUT2D eigenvalue weighted by Gasteiger charge is -2.31. The van der Waals surface area contributed by atoms with Gasteiger partial charge in [-0.3, -0.25) is 0 Å². The number of rotatable bonds is 2. The van der Waals surface area contributed by atoms with Gasteiger partial charge in [0.25, 0.3) is 0 Å². The van der Waals surface area contributed by atoms with E-state index in [-0.39, 0.29) is 5.82 Å². The Bertz CT molecular complexity index is 424. The molecule has 2 heterocycles. The molecule has 3 atom stereocenters. The van der Waals surface area contributed by atoms with Crippen molar-refractivity contribution in [3.05, 3.63) is 29.0 Å². The number of hydrogen-bond acceptors (Lipinski definition) is 2. The Labute approximate surface area is 106 Å². The standard InChI is InChI=1S/C13H16ClFN2/c14-11-7-10(15)1-2-13(11)16-12-4-6-17-5-3-9(12)8-17/h1-2,7,9,12,16H,3-6,8H2. The average Bonchev–Trinajstić information content (AvgIpc) is 2.69. The maximum Gasteiger partial charge on any atom is 0.124 e. The van der Waals surface area contributed by atoms with Crippen LogP contribution in [0.25, 0.3) is 0 Å². The Hall–Kier alpha value is -0.800. The van der Waals surface area contributed by atoms with Crippen LogP contribution in [0.15, 0.2) is 18.2 Å². The highest BCUT2D eigenvalue weighted by atomic mass is 35.5. The lowest BCUT2D eigenvalue weighted by Crippen LogP contribution is -2.39. The van der Waals surface area contributed by atoms with Crippen LogP contribution in [0.1, 0.15) is 12.8 Å². The molecule has 1 aromatic rings. The molecular formula is C13H16ClFN2. The predicted molar refractivity (Wildman–Crippen MR) is 68.0 cm³/mol. The van der Waals surface area contributed by atoms with Crippen molar-refractivity contribution in [1.29, 1.82) is 0 Å². The summed E-state index contributed by atoms with van der Waals surface area (Å²) in [6.07, 6.45) is 2.41. The summed E-state index contributed by atoms with van der Waals surface area (Å²) in [5.41, 5.74) is 0.860. The van der Waals surface area contributed by atoms with E-state index in [4.69, 9.17) is 11.6 Å². The number of piperidine rings is 1. The minimum absolute atomic E-state index is 0.281. The molecule has 0 saturated carbocycles. The number of anilines is 1. The normalized spacial score (nSPS) is 31.5. The Balaban J connectivity index is 1.73. The van der Waals surface area contributed by atoms with Crippen molar-refractivity contribution in [2.45, 2.75) is 18.9 Å².